The molecule has 0 rings (SSSR count). The standard InChI is InChI=1S/C20H40N6O4S/c1-11(2)9-15(24-13(5)27)17(28)26-16(10-12(3)4)18(29)25-14(19(30)31)7-6-8-23-20(21)22/h11-12,14-16,19,30-31H,6-10H2,1-5H3,(H,24,27)(H,25,29)(H,26,28)(H4,21,22,23)/t14-,15-,16-,19+/m0/s1. The molecule has 3 amide bonds. The number of nitrogens with one attached hydrogen (secondary N) is 3. The summed E-state index contributed by atoms with van der Waals surface area (Å²) in [6.07, 6.45) is 1.78. The first-order valence-electron chi connectivity index (χ1n) is 10.6. The molecule has 11 heteroatoms. The fourth-order valence-electron chi connectivity index (χ4n) is 3.02. The Morgan fingerprint density at radius 1 is 0.935 bits per heavy atom. The second kappa shape index (κ2) is 14.9. The molecule has 0 heterocycles. The van der Waals surface area contributed by atoms with Crippen molar-refractivity contribution < 1.29 is 19.5 Å². The van der Waals surface area contributed by atoms with Crippen LogP contribution in [0.1, 0.15) is 60.3 Å². The van der Waals surface area contributed by atoms with Gasteiger partial charge in [-0.2, -0.15) is 0 Å². The van der Waals surface area contributed by atoms with Crippen molar-refractivity contribution in [3.63, 3.8) is 0 Å². The van der Waals surface area contributed by atoms with Gasteiger partial charge in [-0.25, -0.2) is 0 Å². The van der Waals surface area contributed by atoms with Crippen molar-refractivity contribution in [1.29, 1.82) is 0 Å². The third-order valence-corrected chi connectivity index (χ3v) is 4.76. The van der Waals surface area contributed by atoms with Crippen LogP contribution in [0, 0.1) is 11.8 Å². The molecule has 0 saturated heterocycles. The average molecular weight is 461 g/mol. The molecular weight excluding hydrogens is 420 g/mol. The number of aliphatic imine (C=N–C) groups is 1. The normalized spacial score (nSPS) is 15.0. The topological polar surface area (TPSA) is 172 Å². The molecule has 0 aromatic heterocycles. The third-order valence-electron chi connectivity index (χ3n) is 4.40. The van der Waals surface area contributed by atoms with Crippen LogP contribution in [-0.4, -0.2) is 58.9 Å². The molecule has 180 valence electrons. The molecule has 0 saturated carbocycles. The maximum atomic E-state index is 12.9. The smallest absolute Gasteiger partial charge is 0.243 e. The Morgan fingerprint density at radius 3 is 1.84 bits per heavy atom. The number of carbonyl (C=O) groups excluding carboxylic acids is 3. The number of carbonyl (C=O) groups is 3. The van der Waals surface area contributed by atoms with Gasteiger partial charge in [-0.1, -0.05) is 27.7 Å². The minimum atomic E-state index is -1.09. The zero-order valence-electron chi connectivity index (χ0n) is 19.2. The highest BCUT2D eigenvalue weighted by atomic mass is 32.1. The molecular formula is C20H40N6O4S. The van der Waals surface area contributed by atoms with Gasteiger partial charge in [-0.3, -0.25) is 19.4 Å². The number of amides is 3. The molecule has 0 bridgehead atoms. The van der Waals surface area contributed by atoms with Gasteiger partial charge in [0, 0.05) is 13.5 Å². The number of aliphatic hydroxyl groups excluding tert-OH is 1. The maximum absolute atomic E-state index is 12.9. The minimum absolute atomic E-state index is 0.0261. The van der Waals surface area contributed by atoms with Crippen LogP contribution in [-0.2, 0) is 14.4 Å². The van der Waals surface area contributed by atoms with Crippen molar-refractivity contribution in [2.75, 3.05) is 6.54 Å². The van der Waals surface area contributed by atoms with Crippen LogP contribution in [0.25, 0.3) is 0 Å². The average Bonchev–Trinajstić information content (AvgIpc) is 2.61. The summed E-state index contributed by atoms with van der Waals surface area (Å²) in [5.74, 6) is -0.879. The Labute approximate surface area is 190 Å². The zero-order valence-corrected chi connectivity index (χ0v) is 20.1. The summed E-state index contributed by atoms with van der Waals surface area (Å²) in [6, 6.07) is -2.19. The Kier molecular flexibility index (Phi) is 13.9. The van der Waals surface area contributed by atoms with Crippen molar-refractivity contribution in [3.8, 4) is 0 Å². The van der Waals surface area contributed by atoms with Crippen LogP contribution < -0.4 is 27.4 Å². The van der Waals surface area contributed by atoms with Crippen LogP contribution in [0.5, 0.6) is 0 Å². The monoisotopic (exact) mass is 460 g/mol. The van der Waals surface area contributed by atoms with Crippen LogP contribution in [0.15, 0.2) is 4.99 Å². The van der Waals surface area contributed by atoms with E-state index in [1.54, 1.807) is 0 Å². The lowest BCUT2D eigenvalue weighted by Gasteiger charge is -2.27. The summed E-state index contributed by atoms with van der Waals surface area (Å²) < 4.78 is 0. The van der Waals surface area contributed by atoms with E-state index in [9.17, 15) is 19.5 Å². The Morgan fingerprint density at radius 2 is 1.42 bits per heavy atom. The Bertz CT molecular complexity index is 608. The van der Waals surface area contributed by atoms with Crippen molar-refractivity contribution in [2.24, 2.45) is 28.3 Å². The molecule has 0 aromatic rings. The molecule has 0 fully saturated rings. The molecule has 8 N–H and O–H groups in total. The number of thiol groups is 1. The highest BCUT2D eigenvalue weighted by Gasteiger charge is 2.29. The summed E-state index contributed by atoms with van der Waals surface area (Å²) >= 11 is 4.05. The highest BCUT2D eigenvalue weighted by Crippen LogP contribution is 2.11. The number of nitrogens with zero attached hydrogens (tertiary/aromatic N) is 1. The maximum Gasteiger partial charge on any atom is 0.243 e. The summed E-state index contributed by atoms with van der Waals surface area (Å²) in [7, 11) is 0. The van der Waals surface area contributed by atoms with E-state index in [2.05, 4.69) is 33.6 Å². The fraction of sp³-hybridized carbons (Fsp3) is 0.800. The first-order chi connectivity index (χ1) is 14.3. The summed E-state index contributed by atoms with van der Waals surface area (Å²) in [5, 5.41) is 18.1. The largest absolute Gasteiger partial charge is 0.381 e. The summed E-state index contributed by atoms with van der Waals surface area (Å²) in [6.45, 7) is 9.47. The van der Waals surface area contributed by atoms with E-state index in [-0.39, 0.29) is 23.7 Å². The second-order valence-electron chi connectivity index (χ2n) is 8.55. The number of rotatable bonds is 14. The lowest BCUT2D eigenvalue weighted by atomic mass is 9.99. The minimum Gasteiger partial charge on any atom is -0.381 e. The quantitative estimate of drug-likeness (QED) is 0.0624. The van der Waals surface area contributed by atoms with E-state index < -0.39 is 35.4 Å². The number of hydrogen-bond donors (Lipinski definition) is 7. The molecule has 0 aliphatic carbocycles. The molecule has 0 aromatic carbocycles. The molecule has 4 atom stereocenters. The van der Waals surface area contributed by atoms with Gasteiger partial charge in [0.15, 0.2) is 5.96 Å². The van der Waals surface area contributed by atoms with Crippen molar-refractivity contribution in [3.05, 3.63) is 0 Å². The summed E-state index contributed by atoms with van der Waals surface area (Å²) in [5.41, 5.74) is 9.50. The van der Waals surface area contributed by atoms with E-state index in [0.717, 1.165) is 0 Å². The van der Waals surface area contributed by atoms with E-state index >= 15 is 0 Å². The van der Waals surface area contributed by atoms with Gasteiger partial charge in [0.2, 0.25) is 17.7 Å². The molecule has 0 spiro atoms. The van der Waals surface area contributed by atoms with Crippen molar-refractivity contribution in [2.45, 2.75) is 83.9 Å². The van der Waals surface area contributed by atoms with Gasteiger partial charge in [0.25, 0.3) is 0 Å². The predicted octanol–water partition coefficient (Wildman–Crippen LogP) is -0.145. The molecule has 0 aliphatic heterocycles. The molecule has 0 aliphatic rings. The number of hydrogen-bond acceptors (Lipinski definition) is 6. The second-order valence-corrected chi connectivity index (χ2v) is 9.08. The zero-order chi connectivity index (χ0) is 24.1. The fourth-order valence-corrected chi connectivity index (χ4v) is 3.25. The molecule has 0 unspecified atom stereocenters. The predicted molar refractivity (Wildman–Crippen MR) is 125 cm³/mol. The first-order valence-corrected chi connectivity index (χ1v) is 11.1. The Hall–Kier alpha value is -2.01. The molecule has 31 heavy (non-hydrogen) atoms. The van der Waals surface area contributed by atoms with E-state index in [1.165, 1.54) is 6.92 Å². The van der Waals surface area contributed by atoms with Crippen molar-refractivity contribution in [1.82, 2.24) is 16.0 Å². The van der Waals surface area contributed by atoms with Gasteiger partial charge >= 0.3 is 0 Å². The lowest BCUT2D eigenvalue weighted by Crippen LogP contribution is -2.56. The van der Waals surface area contributed by atoms with Gasteiger partial charge in [0.05, 0.1) is 6.04 Å². The van der Waals surface area contributed by atoms with Gasteiger partial charge in [0.1, 0.15) is 17.5 Å². The lowest BCUT2D eigenvalue weighted by molar-refractivity contribution is -0.132. The van der Waals surface area contributed by atoms with Crippen LogP contribution in [0.3, 0.4) is 0 Å². The van der Waals surface area contributed by atoms with Crippen LogP contribution in [0.4, 0.5) is 0 Å². The third kappa shape index (κ3) is 13.8. The number of nitrogens with two attached hydrogens (primary N) is 2. The molecule has 10 nitrogen and oxygen atoms in total. The number of guanidine groups is 1. The SMILES string of the molecule is CC(=O)N[C@@H](CC(C)C)C(=O)N[C@@H](CC(C)C)C(=O)N[C@@H](CCCN=C(N)N)[C@H](O)S. The van der Waals surface area contributed by atoms with Crippen molar-refractivity contribution >= 4 is 36.3 Å². The highest BCUT2D eigenvalue weighted by molar-refractivity contribution is 7.80. The van der Waals surface area contributed by atoms with Gasteiger partial charge < -0.3 is 32.5 Å². The van der Waals surface area contributed by atoms with E-state index in [4.69, 9.17) is 11.5 Å². The Balaban J connectivity index is 5.23. The first kappa shape index (κ1) is 29.0. The van der Waals surface area contributed by atoms with E-state index in [1.807, 2.05) is 27.7 Å². The van der Waals surface area contributed by atoms with Crippen LogP contribution >= 0.6 is 12.6 Å². The van der Waals surface area contributed by atoms with Gasteiger partial charge in [-0.15, -0.1) is 12.6 Å². The number of aliphatic hydroxyl groups is 1. The summed E-state index contributed by atoms with van der Waals surface area (Å²) in [4.78, 5) is 41.1. The van der Waals surface area contributed by atoms with Gasteiger partial charge in [-0.05, 0) is 37.5 Å². The molecule has 0 radical (unpaired) electrons. The van der Waals surface area contributed by atoms with E-state index in [0.29, 0.717) is 32.2 Å². The van der Waals surface area contributed by atoms with Crippen LogP contribution in [0.2, 0.25) is 0 Å².